The van der Waals surface area contributed by atoms with Crippen LogP contribution in [0.15, 0.2) is 30.3 Å². The molecule has 0 amide bonds. The highest BCUT2D eigenvalue weighted by Gasteiger charge is 2.11. The SMILES string of the molecule is CC(C)CCSC(CC#N)c1ccccc1. The van der Waals surface area contributed by atoms with Crippen molar-refractivity contribution in [2.45, 2.75) is 31.9 Å². The first-order valence-corrected chi connectivity index (χ1v) is 6.82. The van der Waals surface area contributed by atoms with Gasteiger partial charge in [-0.2, -0.15) is 17.0 Å². The second-order valence-corrected chi connectivity index (χ2v) is 5.63. The molecule has 0 aliphatic heterocycles. The van der Waals surface area contributed by atoms with E-state index in [2.05, 4.69) is 32.0 Å². The van der Waals surface area contributed by atoms with E-state index < -0.39 is 0 Å². The predicted molar refractivity (Wildman–Crippen MR) is 71.3 cm³/mol. The van der Waals surface area contributed by atoms with E-state index in [1.54, 1.807) is 0 Å². The Hall–Kier alpha value is -0.940. The first-order valence-electron chi connectivity index (χ1n) is 5.77. The average molecular weight is 233 g/mol. The third-order valence-corrected chi connectivity index (χ3v) is 3.77. The summed E-state index contributed by atoms with van der Waals surface area (Å²) in [5, 5.41) is 9.18. The summed E-state index contributed by atoms with van der Waals surface area (Å²) in [5.74, 6) is 1.88. The van der Waals surface area contributed by atoms with E-state index in [0.717, 1.165) is 11.7 Å². The second kappa shape index (κ2) is 7.35. The molecule has 0 radical (unpaired) electrons. The van der Waals surface area contributed by atoms with Gasteiger partial charge in [0.1, 0.15) is 0 Å². The van der Waals surface area contributed by atoms with Crippen LogP contribution in [0.4, 0.5) is 0 Å². The van der Waals surface area contributed by atoms with E-state index in [4.69, 9.17) is 5.26 Å². The van der Waals surface area contributed by atoms with E-state index in [1.165, 1.54) is 12.0 Å². The van der Waals surface area contributed by atoms with Crippen molar-refractivity contribution in [3.05, 3.63) is 35.9 Å². The summed E-state index contributed by atoms with van der Waals surface area (Å²) >= 11 is 1.91. The summed E-state index contributed by atoms with van der Waals surface area (Å²) in [4.78, 5) is 0. The zero-order valence-electron chi connectivity index (χ0n) is 10.0. The van der Waals surface area contributed by atoms with Crippen LogP contribution in [0.25, 0.3) is 0 Å². The summed E-state index contributed by atoms with van der Waals surface area (Å²) in [7, 11) is 0. The molecule has 0 saturated heterocycles. The summed E-state index contributed by atoms with van der Waals surface area (Å²) in [6.07, 6.45) is 1.83. The molecular weight excluding hydrogens is 214 g/mol. The highest BCUT2D eigenvalue weighted by Crippen LogP contribution is 2.32. The Balaban J connectivity index is 2.52. The Bertz CT molecular complexity index is 326. The molecular formula is C14H19NS. The van der Waals surface area contributed by atoms with Gasteiger partial charge < -0.3 is 0 Å². The van der Waals surface area contributed by atoms with Gasteiger partial charge in [-0.1, -0.05) is 44.2 Å². The number of thioether (sulfide) groups is 1. The van der Waals surface area contributed by atoms with Crippen LogP contribution in [-0.2, 0) is 0 Å². The van der Waals surface area contributed by atoms with Crippen LogP contribution in [0, 0.1) is 17.2 Å². The lowest BCUT2D eigenvalue weighted by molar-refractivity contribution is 0.631. The largest absolute Gasteiger partial charge is 0.198 e. The molecule has 16 heavy (non-hydrogen) atoms. The fourth-order valence-electron chi connectivity index (χ4n) is 1.47. The van der Waals surface area contributed by atoms with Gasteiger partial charge in [0, 0.05) is 5.25 Å². The van der Waals surface area contributed by atoms with Gasteiger partial charge >= 0.3 is 0 Å². The monoisotopic (exact) mass is 233 g/mol. The van der Waals surface area contributed by atoms with Crippen LogP contribution in [0.2, 0.25) is 0 Å². The number of hydrogen-bond acceptors (Lipinski definition) is 2. The number of nitriles is 1. The van der Waals surface area contributed by atoms with Crippen molar-refractivity contribution in [3.8, 4) is 6.07 Å². The maximum absolute atomic E-state index is 8.84. The van der Waals surface area contributed by atoms with Crippen LogP contribution in [-0.4, -0.2) is 5.75 Å². The maximum atomic E-state index is 8.84. The van der Waals surface area contributed by atoms with Crippen LogP contribution in [0.5, 0.6) is 0 Å². The van der Waals surface area contributed by atoms with Gasteiger partial charge in [-0.05, 0) is 23.7 Å². The zero-order chi connectivity index (χ0) is 11.8. The van der Waals surface area contributed by atoms with Crippen molar-refractivity contribution >= 4 is 11.8 Å². The summed E-state index contributed by atoms with van der Waals surface area (Å²) in [6.45, 7) is 4.48. The first-order chi connectivity index (χ1) is 7.74. The molecule has 0 heterocycles. The van der Waals surface area contributed by atoms with E-state index in [9.17, 15) is 0 Å². The Kier molecular flexibility index (Phi) is 6.03. The Morgan fingerprint density at radius 1 is 1.25 bits per heavy atom. The lowest BCUT2D eigenvalue weighted by atomic mass is 10.1. The highest BCUT2D eigenvalue weighted by atomic mass is 32.2. The number of benzene rings is 1. The van der Waals surface area contributed by atoms with Crippen molar-refractivity contribution in [3.63, 3.8) is 0 Å². The Morgan fingerprint density at radius 2 is 1.94 bits per heavy atom. The molecule has 1 atom stereocenters. The normalized spacial score (nSPS) is 12.4. The average Bonchev–Trinajstić information content (AvgIpc) is 2.29. The van der Waals surface area contributed by atoms with Gasteiger partial charge in [0.25, 0.3) is 0 Å². The Labute approximate surface area is 103 Å². The van der Waals surface area contributed by atoms with Crippen LogP contribution in [0.1, 0.15) is 37.5 Å². The molecule has 0 fully saturated rings. The summed E-state index contributed by atoms with van der Waals surface area (Å²) in [5.41, 5.74) is 1.28. The van der Waals surface area contributed by atoms with Gasteiger partial charge in [0.05, 0.1) is 12.5 Å². The molecule has 1 aromatic carbocycles. The molecule has 0 N–H and O–H groups in total. The third-order valence-electron chi connectivity index (χ3n) is 2.46. The van der Waals surface area contributed by atoms with E-state index in [1.807, 2.05) is 30.0 Å². The molecule has 1 aromatic rings. The van der Waals surface area contributed by atoms with Gasteiger partial charge in [0.2, 0.25) is 0 Å². The summed E-state index contributed by atoms with van der Waals surface area (Å²) in [6, 6.07) is 12.6. The number of rotatable bonds is 6. The van der Waals surface area contributed by atoms with Crippen molar-refractivity contribution in [2.75, 3.05) is 5.75 Å². The van der Waals surface area contributed by atoms with Gasteiger partial charge in [0.15, 0.2) is 0 Å². The molecule has 86 valence electrons. The summed E-state index contributed by atoms with van der Waals surface area (Å²) < 4.78 is 0. The molecule has 1 rings (SSSR count). The fraction of sp³-hybridized carbons (Fsp3) is 0.500. The third kappa shape index (κ3) is 4.72. The Morgan fingerprint density at radius 3 is 2.50 bits per heavy atom. The first kappa shape index (κ1) is 13.1. The van der Waals surface area contributed by atoms with Gasteiger partial charge in [-0.3, -0.25) is 0 Å². The lowest BCUT2D eigenvalue weighted by Crippen LogP contribution is -1.97. The molecule has 0 aromatic heterocycles. The minimum atomic E-state index is 0.338. The molecule has 1 unspecified atom stereocenters. The smallest absolute Gasteiger partial charge is 0.0636 e. The molecule has 2 heteroatoms. The molecule has 0 aliphatic carbocycles. The zero-order valence-corrected chi connectivity index (χ0v) is 10.8. The van der Waals surface area contributed by atoms with Crippen LogP contribution >= 0.6 is 11.8 Å². The molecule has 0 bridgehead atoms. The van der Waals surface area contributed by atoms with E-state index in [-0.39, 0.29) is 0 Å². The second-order valence-electron chi connectivity index (χ2n) is 4.31. The topological polar surface area (TPSA) is 23.8 Å². The lowest BCUT2D eigenvalue weighted by Gasteiger charge is -2.14. The van der Waals surface area contributed by atoms with Crippen molar-refractivity contribution < 1.29 is 0 Å². The van der Waals surface area contributed by atoms with Crippen LogP contribution < -0.4 is 0 Å². The van der Waals surface area contributed by atoms with Crippen molar-refractivity contribution in [2.24, 2.45) is 5.92 Å². The molecule has 1 nitrogen and oxygen atoms in total. The maximum Gasteiger partial charge on any atom is 0.0636 e. The quantitative estimate of drug-likeness (QED) is 0.726. The van der Waals surface area contributed by atoms with Crippen molar-refractivity contribution in [1.29, 1.82) is 5.26 Å². The predicted octanol–water partition coefficient (Wildman–Crippen LogP) is 4.42. The van der Waals surface area contributed by atoms with E-state index in [0.29, 0.717) is 11.7 Å². The van der Waals surface area contributed by atoms with Crippen molar-refractivity contribution in [1.82, 2.24) is 0 Å². The van der Waals surface area contributed by atoms with Crippen LogP contribution in [0.3, 0.4) is 0 Å². The minimum Gasteiger partial charge on any atom is -0.198 e. The molecule has 0 aliphatic rings. The minimum absolute atomic E-state index is 0.338. The number of hydrogen-bond donors (Lipinski definition) is 0. The molecule has 0 spiro atoms. The highest BCUT2D eigenvalue weighted by molar-refractivity contribution is 7.99. The van der Waals surface area contributed by atoms with Gasteiger partial charge in [-0.15, -0.1) is 0 Å². The molecule has 0 saturated carbocycles. The fourth-order valence-corrected chi connectivity index (χ4v) is 2.90. The number of nitrogens with zero attached hydrogens (tertiary/aromatic N) is 1. The standard InChI is InChI=1S/C14H19NS/c1-12(2)9-11-16-14(8-10-15)13-6-4-3-5-7-13/h3-7,12,14H,8-9,11H2,1-2H3. The van der Waals surface area contributed by atoms with Gasteiger partial charge in [-0.25, -0.2) is 0 Å². The van der Waals surface area contributed by atoms with E-state index >= 15 is 0 Å².